The average Bonchev–Trinajstić information content (AvgIpc) is 3.43. The van der Waals surface area contributed by atoms with E-state index in [4.69, 9.17) is 19.5 Å². The molecular formula is C61H47FN4O11. The van der Waals surface area contributed by atoms with Gasteiger partial charge in [0.2, 0.25) is 0 Å². The molecule has 9 aromatic rings. The zero-order chi connectivity index (χ0) is 54.2. The van der Waals surface area contributed by atoms with Gasteiger partial charge in [-0.3, -0.25) is 25.1 Å². The number of aryl methyl sites for hydroxylation is 1. The fourth-order valence-electron chi connectivity index (χ4n) is 8.57. The molecule has 9 rings (SSSR count). The number of aromatic hydroxyl groups is 7. The minimum Gasteiger partial charge on any atom is -0.508 e. The predicted molar refractivity (Wildman–Crippen MR) is 289 cm³/mol. The Morgan fingerprint density at radius 3 is 1.19 bits per heavy atom. The third kappa shape index (κ3) is 11.5. The van der Waals surface area contributed by atoms with Crippen molar-refractivity contribution >= 4 is 24.3 Å². The highest BCUT2D eigenvalue weighted by Crippen LogP contribution is 2.43. The molecular weight excluding hydrogens is 984 g/mol. The molecule has 0 saturated heterocycles. The average molecular weight is 1030 g/mol. The summed E-state index contributed by atoms with van der Waals surface area (Å²) in [5.41, 5.74) is 2.89. The highest BCUT2D eigenvalue weighted by molar-refractivity contribution is 5.86. The molecule has 0 saturated carbocycles. The van der Waals surface area contributed by atoms with Gasteiger partial charge in [0, 0.05) is 93.0 Å². The summed E-state index contributed by atoms with van der Waals surface area (Å²) in [5.74, 6) is -1.87. The van der Waals surface area contributed by atoms with E-state index in [1.54, 1.807) is 128 Å². The Balaban J connectivity index is 1.01. The largest absolute Gasteiger partial charge is 0.508 e. The van der Waals surface area contributed by atoms with E-state index in [9.17, 15) is 45.9 Å². The van der Waals surface area contributed by atoms with Crippen LogP contribution in [0.3, 0.4) is 0 Å². The first-order chi connectivity index (χ1) is 37.2. The van der Waals surface area contributed by atoms with Gasteiger partial charge in [0.25, 0.3) is 5.69 Å². The maximum atomic E-state index is 16.3. The molecule has 384 valence electrons. The maximum Gasteiger partial charge on any atom is 0.270 e. The Morgan fingerprint density at radius 1 is 0.416 bits per heavy atom. The summed E-state index contributed by atoms with van der Waals surface area (Å²) in [6.45, 7) is 1.77. The highest BCUT2D eigenvalue weighted by Gasteiger charge is 2.25. The number of phenolic OH excluding ortho intramolecular Hbond substituents is 7. The molecule has 9 aromatic carbocycles. The normalized spacial score (nSPS) is 12.4. The standard InChI is InChI=1S/C61H47FN4O11/c1-36-28-37(33-63-59(41-14-2-8-20-49(41)68)42-15-3-9-21-50(42)69)53(72)31-57(36)76-55-24-12-6-18-45(55)60(43-16-4-10-22-51(43)70)65-35-39-30-47(62)58(32-54(39)73)77-56-25-13-7-19-46(56)61(44-17-5-11-23-52(44)71)64-34-38-29-40(66(74)75)26-27-48(38)67/h2-35,59-61,67-73H,1H3. The summed E-state index contributed by atoms with van der Waals surface area (Å²) in [4.78, 5) is 25.0. The summed E-state index contributed by atoms with van der Waals surface area (Å²) in [5, 5.41) is 88.5. The van der Waals surface area contributed by atoms with Gasteiger partial charge in [-0.25, -0.2) is 4.39 Å². The second-order valence-electron chi connectivity index (χ2n) is 17.6. The molecule has 16 heteroatoms. The van der Waals surface area contributed by atoms with Gasteiger partial charge >= 0.3 is 0 Å². The second kappa shape index (κ2) is 22.7. The number of aliphatic imine (C=N–C) groups is 3. The first-order valence-electron chi connectivity index (χ1n) is 23.8. The lowest BCUT2D eigenvalue weighted by molar-refractivity contribution is -0.384. The van der Waals surface area contributed by atoms with E-state index in [-0.39, 0.29) is 74.3 Å². The van der Waals surface area contributed by atoms with Crippen molar-refractivity contribution in [3.8, 4) is 63.2 Å². The van der Waals surface area contributed by atoms with Crippen LogP contribution in [0, 0.1) is 22.9 Å². The molecule has 77 heavy (non-hydrogen) atoms. The van der Waals surface area contributed by atoms with Crippen LogP contribution in [0.1, 0.15) is 73.8 Å². The second-order valence-corrected chi connectivity index (χ2v) is 17.6. The Hall–Kier alpha value is -10.5. The molecule has 0 bridgehead atoms. The van der Waals surface area contributed by atoms with Crippen LogP contribution in [-0.2, 0) is 0 Å². The summed E-state index contributed by atoms with van der Waals surface area (Å²) in [6.07, 6.45) is 3.92. The van der Waals surface area contributed by atoms with Crippen LogP contribution < -0.4 is 9.47 Å². The third-order valence-corrected chi connectivity index (χ3v) is 12.5. The molecule has 0 aromatic heterocycles. The minimum absolute atomic E-state index is 0.0220. The van der Waals surface area contributed by atoms with Crippen LogP contribution in [0.5, 0.6) is 63.2 Å². The number of benzene rings is 9. The lowest BCUT2D eigenvalue weighted by Gasteiger charge is -2.20. The molecule has 0 aliphatic carbocycles. The van der Waals surface area contributed by atoms with Crippen molar-refractivity contribution in [1.82, 2.24) is 0 Å². The third-order valence-electron chi connectivity index (χ3n) is 12.5. The number of non-ortho nitro benzene ring substituents is 1. The number of para-hydroxylation sites is 6. The Kier molecular flexibility index (Phi) is 15.2. The number of phenols is 7. The molecule has 0 aliphatic rings. The number of nitrogens with zero attached hydrogens (tertiary/aromatic N) is 4. The molecule has 0 heterocycles. The zero-order valence-electron chi connectivity index (χ0n) is 40.8. The first kappa shape index (κ1) is 51.4. The lowest BCUT2D eigenvalue weighted by atomic mass is 9.97. The zero-order valence-corrected chi connectivity index (χ0v) is 40.8. The van der Waals surface area contributed by atoms with Crippen molar-refractivity contribution in [3.63, 3.8) is 0 Å². The molecule has 2 atom stereocenters. The van der Waals surface area contributed by atoms with E-state index in [0.29, 0.717) is 44.5 Å². The highest BCUT2D eigenvalue weighted by atomic mass is 19.1. The SMILES string of the molecule is Cc1cc(C=NC(c2ccccc2O)c2ccccc2O)c(O)cc1Oc1ccccc1C(N=Cc1cc(F)c(Oc2ccccc2C(N=Cc2cc([N+](=O)[O-])ccc2O)c2ccccc2O)cc1O)c1ccccc1O. The van der Waals surface area contributed by atoms with Gasteiger partial charge in [0.05, 0.1) is 4.92 Å². The van der Waals surface area contributed by atoms with Crippen molar-refractivity contribution < 1.29 is 54.5 Å². The Morgan fingerprint density at radius 2 is 0.766 bits per heavy atom. The quantitative estimate of drug-likeness (QED) is 0.0257. The van der Waals surface area contributed by atoms with Crippen molar-refractivity contribution in [2.75, 3.05) is 0 Å². The van der Waals surface area contributed by atoms with E-state index >= 15 is 4.39 Å². The summed E-state index contributed by atoms with van der Waals surface area (Å²) >= 11 is 0. The van der Waals surface area contributed by atoms with E-state index in [0.717, 1.165) is 24.3 Å². The number of halogens is 1. The number of nitro benzene ring substituents is 1. The van der Waals surface area contributed by atoms with E-state index < -0.39 is 34.6 Å². The van der Waals surface area contributed by atoms with E-state index in [1.165, 1.54) is 61.1 Å². The molecule has 0 fully saturated rings. The Bertz CT molecular complexity index is 3710. The van der Waals surface area contributed by atoms with Gasteiger partial charge in [-0.1, -0.05) is 109 Å². The predicted octanol–water partition coefficient (Wildman–Crippen LogP) is 13.2. The van der Waals surface area contributed by atoms with Crippen LogP contribution in [-0.4, -0.2) is 59.3 Å². The van der Waals surface area contributed by atoms with Crippen molar-refractivity contribution in [2.45, 2.75) is 25.0 Å². The van der Waals surface area contributed by atoms with Crippen LogP contribution in [0.25, 0.3) is 0 Å². The van der Waals surface area contributed by atoms with Crippen molar-refractivity contribution in [2.24, 2.45) is 15.0 Å². The topological polar surface area (TPSA) is 240 Å². The Labute approximate surface area is 440 Å². The lowest BCUT2D eigenvalue weighted by Crippen LogP contribution is -2.04. The molecule has 7 N–H and O–H groups in total. The fraction of sp³-hybridized carbons (Fsp3) is 0.0656. The molecule has 0 spiro atoms. The minimum atomic E-state index is -1.05. The molecule has 0 radical (unpaired) electrons. The number of nitro groups is 1. The van der Waals surface area contributed by atoms with Crippen molar-refractivity contribution in [1.29, 1.82) is 0 Å². The van der Waals surface area contributed by atoms with Crippen LogP contribution >= 0.6 is 0 Å². The van der Waals surface area contributed by atoms with E-state index in [2.05, 4.69) is 4.99 Å². The fourth-order valence-corrected chi connectivity index (χ4v) is 8.57. The van der Waals surface area contributed by atoms with Crippen LogP contribution in [0.15, 0.2) is 203 Å². The molecule has 15 nitrogen and oxygen atoms in total. The number of ether oxygens (including phenoxy) is 2. The van der Waals surface area contributed by atoms with Gasteiger partial charge in [-0.05, 0) is 67.1 Å². The van der Waals surface area contributed by atoms with Gasteiger partial charge in [-0.2, -0.15) is 0 Å². The van der Waals surface area contributed by atoms with Gasteiger partial charge in [0.15, 0.2) is 11.6 Å². The molecule has 2 unspecified atom stereocenters. The first-order valence-corrected chi connectivity index (χ1v) is 23.8. The van der Waals surface area contributed by atoms with E-state index in [1.807, 2.05) is 0 Å². The van der Waals surface area contributed by atoms with Gasteiger partial charge in [-0.15, -0.1) is 0 Å². The van der Waals surface area contributed by atoms with Gasteiger partial charge < -0.3 is 45.2 Å². The monoisotopic (exact) mass is 1030 g/mol. The number of hydrogen-bond donors (Lipinski definition) is 7. The molecule has 0 aliphatic heterocycles. The smallest absolute Gasteiger partial charge is 0.270 e. The molecule has 0 amide bonds. The van der Waals surface area contributed by atoms with Crippen LogP contribution in [0.4, 0.5) is 10.1 Å². The van der Waals surface area contributed by atoms with Crippen molar-refractivity contribution in [3.05, 3.63) is 260 Å². The maximum absolute atomic E-state index is 16.3. The summed E-state index contributed by atoms with van der Waals surface area (Å²) in [7, 11) is 0. The van der Waals surface area contributed by atoms with Gasteiger partial charge in [0.1, 0.15) is 75.6 Å². The summed E-state index contributed by atoms with van der Waals surface area (Å²) < 4.78 is 28.9. The van der Waals surface area contributed by atoms with Crippen LogP contribution in [0.2, 0.25) is 0 Å². The number of hydrogen-bond acceptors (Lipinski definition) is 14. The summed E-state index contributed by atoms with van der Waals surface area (Å²) in [6, 6.07) is 45.2. The number of rotatable bonds is 17.